The van der Waals surface area contributed by atoms with E-state index in [-0.39, 0.29) is 16.5 Å². The van der Waals surface area contributed by atoms with Gasteiger partial charge in [0.25, 0.3) is 5.78 Å². The molecule has 1 amide bonds. The van der Waals surface area contributed by atoms with E-state index in [0.29, 0.717) is 38.8 Å². The van der Waals surface area contributed by atoms with Crippen molar-refractivity contribution in [2.75, 3.05) is 4.90 Å². The first-order valence-electron chi connectivity index (χ1n) is 13.2. The third-order valence-electron chi connectivity index (χ3n) is 6.95. The molecule has 11 heteroatoms. The molecule has 5 aromatic rings. The van der Waals surface area contributed by atoms with Crippen LogP contribution in [0.5, 0.6) is 5.75 Å². The zero-order valence-corrected chi connectivity index (χ0v) is 25.2. The lowest BCUT2D eigenvalue weighted by Gasteiger charge is -2.20. The second-order valence-corrected chi connectivity index (χ2v) is 12.2. The van der Waals surface area contributed by atoms with Gasteiger partial charge in [0, 0.05) is 16.3 Å². The van der Waals surface area contributed by atoms with Gasteiger partial charge in [-0.15, -0.1) is 10.2 Å². The number of aromatic nitrogens is 2. The molecule has 6 rings (SSSR count). The van der Waals surface area contributed by atoms with Crippen LogP contribution in [0.3, 0.4) is 0 Å². The van der Waals surface area contributed by atoms with Gasteiger partial charge in [-0.1, -0.05) is 77.2 Å². The Morgan fingerprint density at radius 2 is 1.74 bits per heavy atom. The predicted molar refractivity (Wildman–Crippen MR) is 166 cm³/mol. The maximum absolute atomic E-state index is 13.4. The summed E-state index contributed by atoms with van der Waals surface area (Å²) in [5, 5.41) is 20.7. The lowest BCUT2D eigenvalue weighted by atomic mass is 9.99. The van der Waals surface area contributed by atoms with Gasteiger partial charge in [-0.3, -0.25) is 14.5 Å². The second kappa shape index (κ2) is 12.5. The normalized spacial score (nSPS) is 16.1. The van der Waals surface area contributed by atoms with Gasteiger partial charge < -0.3 is 14.3 Å². The minimum atomic E-state index is -1.03. The third kappa shape index (κ3) is 5.94. The zero-order valence-electron chi connectivity index (χ0n) is 22.8. The number of Topliss-reactive ketones (excluding diaryl/α,β-unsaturated/α-hetero) is 1. The number of benzene rings is 3. The first-order chi connectivity index (χ1) is 20.9. The molecular formula is C32H24ClN3O5S2. The number of nitrogens with zero attached hydrogens (tertiary/aromatic N) is 3. The van der Waals surface area contributed by atoms with E-state index in [2.05, 4.69) is 10.2 Å². The van der Waals surface area contributed by atoms with Crippen molar-refractivity contribution in [3.05, 3.63) is 130 Å². The van der Waals surface area contributed by atoms with Crippen LogP contribution in [0.4, 0.5) is 5.13 Å². The van der Waals surface area contributed by atoms with Gasteiger partial charge >= 0.3 is 5.91 Å². The fourth-order valence-electron chi connectivity index (χ4n) is 4.66. The minimum Gasteiger partial charge on any atom is -0.507 e. The highest BCUT2D eigenvalue weighted by atomic mass is 35.5. The van der Waals surface area contributed by atoms with Crippen molar-refractivity contribution in [2.24, 2.45) is 0 Å². The molecule has 1 aliphatic rings. The second-order valence-electron chi connectivity index (χ2n) is 9.65. The molecule has 1 saturated heterocycles. The number of halogens is 1. The van der Waals surface area contributed by atoms with Crippen molar-refractivity contribution < 1.29 is 23.8 Å². The molecule has 1 aliphatic heterocycles. The predicted octanol–water partition coefficient (Wildman–Crippen LogP) is 7.59. The fourth-order valence-corrected chi connectivity index (χ4v) is 6.81. The molecule has 0 spiro atoms. The molecule has 3 aromatic carbocycles. The van der Waals surface area contributed by atoms with E-state index in [1.54, 1.807) is 36.4 Å². The molecule has 1 atom stereocenters. The Bertz CT molecular complexity index is 1820. The third-order valence-corrected chi connectivity index (χ3v) is 9.42. The summed E-state index contributed by atoms with van der Waals surface area (Å²) < 4.78 is 12.1. The molecule has 2 aromatic heterocycles. The average molecular weight is 630 g/mol. The molecule has 0 bridgehead atoms. The van der Waals surface area contributed by atoms with Gasteiger partial charge in [0.2, 0.25) is 5.13 Å². The highest BCUT2D eigenvalue weighted by molar-refractivity contribution is 8.00. The van der Waals surface area contributed by atoms with E-state index >= 15 is 0 Å². The number of aliphatic hydroxyl groups excluding tert-OH is 1. The summed E-state index contributed by atoms with van der Waals surface area (Å²) >= 11 is 8.86. The number of anilines is 1. The maximum atomic E-state index is 13.4. The van der Waals surface area contributed by atoms with Crippen molar-refractivity contribution in [2.45, 2.75) is 29.7 Å². The summed E-state index contributed by atoms with van der Waals surface area (Å²) in [5.74, 6) is -0.554. The molecule has 0 radical (unpaired) electrons. The summed E-state index contributed by atoms with van der Waals surface area (Å²) in [7, 11) is 0. The van der Waals surface area contributed by atoms with Crippen LogP contribution >= 0.6 is 34.7 Å². The molecule has 1 unspecified atom stereocenters. The van der Waals surface area contributed by atoms with E-state index in [0.717, 1.165) is 16.7 Å². The Balaban J connectivity index is 1.27. The van der Waals surface area contributed by atoms with Crippen LogP contribution in [0.15, 0.2) is 106 Å². The molecule has 43 heavy (non-hydrogen) atoms. The maximum Gasteiger partial charge on any atom is 0.302 e. The van der Waals surface area contributed by atoms with Crippen LogP contribution in [-0.2, 0) is 21.9 Å². The molecule has 0 saturated carbocycles. The lowest BCUT2D eigenvalue weighted by Crippen LogP contribution is -2.29. The molecule has 1 N–H and O–H groups in total. The van der Waals surface area contributed by atoms with Crippen LogP contribution in [0, 0.1) is 6.92 Å². The highest BCUT2D eigenvalue weighted by Gasteiger charge is 2.49. The van der Waals surface area contributed by atoms with Crippen LogP contribution in [-0.4, -0.2) is 27.0 Å². The SMILES string of the molecule is Cc1ccccc1COc1ccc(/C(O)=C2\C(=O)C(=O)N(c3nnc(SCc4ccccc4Cl)s3)C2c2ccco2)cc1. The van der Waals surface area contributed by atoms with E-state index < -0.39 is 17.7 Å². The van der Waals surface area contributed by atoms with E-state index in [9.17, 15) is 14.7 Å². The van der Waals surface area contributed by atoms with Crippen LogP contribution in [0.1, 0.15) is 34.1 Å². The van der Waals surface area contributed by atoms with Crippen LogP contribution < -0.4 is 9.64 Å². The molecule has 1 fully saturated rings. The zero-order chi connectivity index (χ0) is 29.9. The standard InChI is InChI=1S/C32H24ClN3O5S2/c1-19-7-2-3-8-21(19)17-41-23-14-12-20(13-15-23)28(37)26-27(25-11-6-16-40-25)36(30(39)29(26)38)31-34-35-32(43-31)42-18-22-9-4-5-10-24(22)33/h2-16,27,37H,17-18H2,1H3/b28-26+. The van der Waals surface area contributed by atoms with Gasteiger partial charge in [-0.2, -0.15) is 0 Å². The number of furan rings is 1. The number of hydrogen-bond acceptors (Lipinski definition) is 9. The van der Waals surface area contributed by atoms with Gasteiger partial charge in [0.15, 0.2) is 4.34 Å². The lowest BCUT2D eigenvalue weighted by molar-refractivity contribution is -0.132. The van der Waals surface area contributed by atoms with Crippen molar-refractivity contribution in [3.8, 4) is 5.75 Å². The number of ketones is 1. The van der Waals surface area contributed by atoms with Gasteiger partial charge in [0.05, 0.1) is 11.8 Å². The number of rotatable bonds is 9. The highest BCUT2D eigenvalue weighted by Crippen LogP contribution is 2.44. The number of carbonyl (C=O) groups is 2. The molecular weight excluding hydrogens is 606 g/mol. The van der Waals surface area contributed by atoms with Crippen LogP contribution in [0.2, 0.25) is 5.02 Å². The number of aliphatic hydroxyl groups is 1. The van der Waals surface area contributed by atoms with Gasteiger partial charge in [0.1, 0.15) is 29.9 Å². The quantitative estimate of drug-likeness (QED) is 0.0584. The number of hydrogen-bond donors (Lipinski definition) is 1. The number of amides is 1. The van der Waals surface area contributed by atoms with Crippen molar-refractivity contribution >= 4 is 57.3 Å². The van der Waals surface area contributed by atoms with E-state index in [4.69, 9.17) is 20.8 Å². The Kier molecular flexibility index (Phi) is 8.33. The molecule has 3 heterocycles. The Morgan fingerprint density at radius 3 is 2.47 bits per heavy atom. The summed E-state index contributed by atoms with van der Waals surface area (Å²) in [6, 6.07) is 24.4. The van der Waals surface area contributed by atoms with Crippen molar-refractivity contribution in [3.63, 3.8) is 0 Å². The first kappa shape index (κ1) is 28.7. The topological polar surface area (TPSA) is 106 Å². The number of carbonyl (C=O) groups excluding carboxylic acids is 2. The minimum absolute atomic E-state index is 0.103. The molecule has 216 valence electrons. The Labute approximate surface area is 260 Å². The van der Waals surface area contributed by atoms with Crippen molar-refractivity contribution in [1.82, 2.24) is 10.2 Å². The van der Waals surface area contributed by atoms with Gasteiger partial charge in [-0.05, 0) is 66.1 Å². The summed E-state index contributed by atoms with van der Waals surface area (Å²) in [4.78, 5) is 28.0. The van der Waals surface area contributed by atoms with Crippen molar-refractivity contribution in [1.29, 1.82) is 0 Å². The Hall–Kier alpha value is -4.38. The summed E-state index contributed by atoms with van der Waals surface area (Å²) in [6.07, 6.45) is 1.45. The summed E-state index contributed by atoms with van der Waals surface area (Å²) in [5.41, 5.74) is 3.38. The first-order valence-corrected chi connectivity index (χ1v) is 15.4. The number of thioether (sulfide) groups is 1. The monoisotopic (exact) mass is 629 g/mol. The molecule has 8 nitrogen and oxygen atoms in total. The summed E-state index contributed by atoms with van der Waals surface area (Å²) in [6.45, 7) is 2.41. The Morgan fingerprint density at radius 1 is 1.00 bits per heavy atom. The smallest absolute Gasteiger partial charge is 0.302 e. The molecule has 0 aliphatic carbocycles. The van der Waals surface area contributed by atoms with Gasteiger partial charge in [-0.25, -0.2) is 0 Å². The fraction of sp³-hybridized carbons (Fsp3) is 0.125. The average Bonchev–Trinajstić information content (AvgIpc) is 3.77. The van der Waals surface area contributed by atoms with E-state index in [1.807, 2.05) is 55.5 Å². The van der Waals surface area contributed by atoms with Crippen LogP contribution in [0.25, 0.3) is 5.76 Å². The number of aryl methyl sites for hydroxylation is 1. The number of ether oxygens (including phenoxy) is 1. The largest absolute Gasteiger partial charge is 0.507 e. The van der Waals surface area contributed by atoms with E-state index in [1.165, 1.54) is 34.3 Å².